The third-order valence-electron chi connectivity index (χ3n) is 16.1. The summed E-state index contributed by atoms with van der Waals surface area (Å²) in [6.45, 7) is 10.0. The second-order valence-electron chi connectivity index (χ2n) is 24.1. The largest absolute Gasteiger partial charge is 0.439 e. The topological polar surface area (TPSA) is 363 Å². The van der Waals surface area contributed by atoms with E-state index in [9.17, 15) is 14.4 Å². The fraction of sp³-hybridized carbons (Fsp3) is 0.244. The number of ether oxygens (including phenoxy) is 7. The number of pyridine rings is 8. The SMILES string of the molecule is COCCOCCn1cc(NC(=O)c2cccc(Cc3cc(C)ncc3C)n2)c(-c2ccccn2)n1.COCCOCCn1cc(NC(=O)c2cccc(Cc3ccc4[nH]ncc4c3)n2)c(-c2ccccn2)n1.COCCOCCn1cc(NC(=O)c2cccc(Oc3ccnc(N)c3)n2)c(-c2ccccn2)n1. The van der Waals surface area contributed by atoms with Crippen molar-refractivity contribution in [3.8, 4) is 45.8 Å². The van der Waals surface area contributed by atoms with Gasteiger partial charge >= 0.3 is 0 Å². The first-order valence-corrected chi connectivity index (χ1v) is 34.6. The van der Waals surface area contributed by atoms with Gasteiger partial charge in [0.2, 0.25) is 5.88 Å². The van der Waals surface area contributed by atoms with Crippen molar-refractivity contribution in [3.63, 3.8) is 0 Å². The highest BCUT2D eigenvalue weighted by Crippen LogP contribution is 2.30. The van der Waals surface area contributed by atoms with E-state index in [-0.39, 0.29) is 23.4 Å². The number of aromatic amines is 1. The molecule has 13 aromatic rings. The first-order valence-electron chi connectivity index (χ1n) is 34.6. The molecule has 108 heavy (non-hydrogen) atoms. The van der Waals surface area contributed by atoms with Gasteiger partial charge in [-0.05, 0) is 122 Å². The Bertz CT molecular complexity index is 5040. The van der Waals surface area contributed by atoms with E-state index in [1.807, 2.05) is 111 Å². The molecule has 3 amide bonds. The highest BCUT2D eigenvalue weighted by Gasteiger charge is 2.22. The Labute approximate surface area is 622 Å². The van der Waals surface area contributed by atoms with Crippen LogP contribution >= 0.6 is 0 Å². The zero-order valence-electron chi connectivity index (χ0n) is 60.3. The van der Waals surface area contributed by atoms with E-state index in [4.69, 9.17) is 38.9 Å². The number of nitrogens with zero attached hydrogens (tertiary/aromatic N) is 15. The van der Waals surface area contributed by atoms with Crippen molar-refractivity contribution >= 4 is 51.5 Å². The van der Waals surface area contributed by atoms with E-state index in [1.165, 1.54) is 6.20 Å². The Morgan fingerprint density at radius 1 is 0.463 bits per heavy atom. The number of aryl methyl sites for hydroxylation is 2. The summed E-state index contributed by atoms with van der Waals surface area (Å²) in [6, 6.07) is 43.9. The number of nitrogens with two attached hydrogens (primary N) is 1. The molecule has 13 rings (SSSR count). The number of nitrogen functional groups attached to an aromatic ring is 1. The Morgan fingerprint density at radius 3 is 1.42 bits per heavy atom. The van der Waals surface area contributed by atoms with E-state index < -0.39 is 5.91 Å². The molecule has 0 radical (unpaired) electrons. The number of amides is 3. The van der Waals surface area contributed by atoms with E-state index >= 15 is 0 Å². The molecule has 0 aliphatic heterocycles. The van der Waals surface area contributed by atoms with Crippen LogP contribution in [0.1, 0.15) is 65.2 Å². The van der Waals surface area contributed by atoms with Crippen molar-refractivity contribution in [2.45, 2.75) is 46.3 Å². The number of H-pyrrole nitrogens is 1. The maximum Gasteiger partial charge on any atom is 0.274 e. The van der Waals surface area contributed by atoms with Crippen molar-refractivity contribution in [3.05, 3.63) is 252 Å². The Kier molecular flexibility index (Phi) is 27.9. The number of rotatable bonds is 33. The fourth-order valence-corrected chi connectivity index (χ4v) is 10.7. The number of fused-ring (bicyclic) bond motifs is 1. The van der Waals surface area contributed by atoms with Crippen molar-refractivity contribution in [1.82, 2.24) is 79.4 Å². The van der Waals surface area contributed by atoms with Crippen molar-refractivity contribution in [1.29, 1.82) is 0 Å². The summed E-state index contributed by atoms with van der Waals surface area (Å²) in [5, 5.41) is 30.8. The Balaban J connectivity index is 0.000000161. The zero-order valence-corrected chi connectivity index (χ0v) is 60.3. The molecular formula is C78H82N20O10. The van der Waals surface area contributed by atoms with Gasteiger partial charge in [-0.3, -0.25) is 53.5 Å². The highest BCUT2D eigenvalue weighted by atomic mass is 16.5. The minimum Gasteiger partial charge on any atom is -0.439 e. The van der Waals surface area contributed by atoms with Gasteiger partial charge in [-0.1, -0.05) is 42.5 Å². The van der Waals surface area contributed by atoms with Crippen molar-refractivity contribution in [2.75, 3.05) is 102 Å². The lowest BCUT2D eigenvalue weighted by Gasteiger charge is -2.08. The molecule has 0 spiro atoms. The summed E-state index contributed by atoms with van der Waals surface area (Å²) >= 11 is 0. The van der Waals surface area contributed by atoms with Gasteiger partial charge in [-0.15, -0.1) is 0 Å². The van der Waals surface area contributed by atoms with Gasteiger partial charge in [-0.2, -0.15) is 20.4 Å². The molecule has 0 aliphatic rings. The average Bonchev–Trinajstić information content (AvgIpc) is 1.68. The summed E-state index contributed by atoms with van der Waals surface area (Å²) in [7, 11) is 4.89. The number of nitrogens with one attached hydrogen (secondary N) is 4. The van der Waals surface area contributed by atoms with Crippen LogP contribution in [0.15, 0.2) is 201 Å². The van der Waals surface area contributed by atoms with Crippen LogP contribution in [-0.4, -0.2) is 178 Å². The predicted octanol–water partition coefficient (Wildman–Crippen LogP) is 10.6. The van der Waals surface area contributed by atoms with Gasteiger partial charge < -0.3 is 54.8 Å². The number of carbonyl (C=O) groups excluding carboxylic acids is 3. The first-order chi connectivity index (χ1) is 52.8. The molecule has 554 valence electrons. The number of aromatic nitrogens is 16. The molecule has 12 aromatic heterocycles. The summed E-state index contributed by atoms with van der Waals surface area (Å²) in [5.41, 5.74) is 18.6. The Hall–Kier alpha value is -12.7. The van der Waals surface area contributed by atoms with Crippen molar-refractivity contribution < 1.29 is 47.5 Å². The number of hydrogen-bond acceptors (Lipinski definition) is 23. The van der Waals surface area contributed by atoms with Crippen LogP contribution in [0, 0.1) is 13.8 Å². The maximum atomic E-state index is 13.2. The lowest BCUT2D eigenvalue weighted by Crippen LogP contribution is -2.15. The summed E-state index contributed by atoms with van der Waals surface area (Å²) in [4.78, 5) is 74.4. The normalized spacial score (nSPS) is 11.0. The highest BCUT2D eigenvalue weighted by molar-refractivity contribution is 6.06. The molecule has 0 aliphatic carbocycles. The van der Waals surface area contributed by atoms with E-state index in [1.54, 1.807) is 121 Å². The predicted molar refractivity (Wildman–Crippen MR) is 405 cm³/mol. The standard InChI is InChI=1S/C27H27N7O3.C27H30N6O3.C24H25N7O4/c1-36-13-14-37-12-11-34-18-25(26(33-34)23-6-2-3-10-28-23)31-27(35)24-7-4-5-21(30-24)16-19-8-9-22-20(15-19)17-29-32-22;1-19-17-29-20(2)15-21(19)16-22-7-6-9-24(30-22)27(34)31-25-18-33(11-12-36-14-13-35-3)32-26(25)23-8-4-5-10-28-23;1-33-13-14-34-12-11-31-16-20(23(30-31)18-5-2-3-9-26-18)29-24(32)19-6-4-7-22(28-19)35-17-8-10-27-21(25)15-17/h2-10,15,17-18H,11-14,16H2,1H3,(H,29,32)(H,31,35);4-10,15,17-18H,11-14,16H2,1-3H3,(H,31,34);2-10,15-16H,11-14H2,1H3,(H2,25,27)(H,29,32). The van der Waals surface area contributed by atoms with Gasteiger partial charge in [0.25, 0.3) is 17.7 Å². The third-order valence-corrected chi connectivity index (χ3v) is 16.1. The van der Waals surface area contributed by atoms with Crippen LogP contribution in [0.3, 0.4) is 0 Å². The number of hydrogen-bond donors (Lipinski definition) is 5. The number of anilines is 4. The van der Waals surface area contributed by atoms with Crippen LogP contribution in [0.25, 0.3) is 45.1 Å². The Morgan fingerprint density at radius 2 is 0.944 bits per heavy atom. The molecule has 0 saturated carbocycles. The van der Waals surface area contributed by atoms with Crippen molar-refractivity contribution in [2.24, 2.45) is 0 Å². The monoisotopic (exact) mass is 1460 g/mol. The molecule has 30 heteroatoms. The molecule has 30 nitrogen and oxygen atoms in total. The van der Waals surface area contributed by atoms with E-state index in [2.05, 4.69) is 93.4 Å². The second kappa shape index (κ2) is 39.4. The average molecular weight is 1460 g/mol. The molecular weight excluding hydrogens is 1380 g/mol. The van der Waals surface area contributed by atoms with E-state index in [0.29, 0.717) is 166 Å². The van der Waals surface area contributed by atoms with E-state index in [0.717, 1.165) is 44.7 Å². The third kappa shape index (κ3) is 22.4. The number of methoxy groups -OCH3 is 3. The van der Waals surface area contributed by atoms with Crippen LogP contribution < -0.4 is 26.4 Å². The summed E-state index contributed by atoms with van der Waals surface area (Å²) in [5.74, 6) is -0.0174. The summed E-state index contributed by atoms with van der Waals surface area (Å²) < 4.78 is 42.5. The smallest absolute Gasteiger partial charge is 0.274 e. The fourth-order valence-electron chi connectivity index (χ4n) is 10.7. The lowest BCUT2D eigenvalue weighted by atomic mass is 10.0. The number of carbonyl (C=O) groups is 3. The van der Waals surface area contributed by atoms with Gasteiger partial charge in [-0.25, -0.2) is 19.9 Å². The summed E-state index contributed by atoms with van der Waals surface area (Å²) in [6.07, 6.45) is 16.8. The maximum absolute atomic E-state index is 13.2. The molecule has 0 unspecified atom stereocenters. The quantitative estimate of drug-likeness (QED) is 0.0239. The molecule has 0 atom stereocenters. The first kappa shape index (κ1) is 76.4. The minimum absolute atomic E-state index is 0.173. The lowest BCUT2D eigenvalue weighted by molar-refractivity contribution is 0.0654. The zero-order chi connectivity index (χ0) is 75.2. The molecule has 6 N–H and O–H groups in total. The van der Waals surface area contributed by atoms with Crippen LogP contribution in [0.5, 0.6) is 11.6 Å². The van der Waals surface area contributed by atoms with Crippen LogP contribution in [-0.2, 0) is 60.9 Å². The van der Waals surface area contributed by atoms with Gasteiger partial charge in [0.1, 0.15) is 45.7 Å². The number of benzene rings is 1. The minimum atomic E-state index is -0.419. The second-order valence-corrected chi connectivity index (χ2v) is 24.1. The molecule has 12 heterocycles. The van der Waals surface area contributed by atoms with Crippen LogP contribution in [0.2, 0.25) is 0 Å². The van der Waals surface area contributed by atoms with Gasteiger partial charge in [0.05, 0.1) is 125 Å². The van der Waals surface area contributed by atoms with Gasteiger partial charge in [0, 0.05) is 118 Å². The molecule has 1 aromatic carbocycles. The van der Waals surface area contributed by atoms with Crippen LogP contribution in [0.4, 0.5) is 22.9 Å². The molecule has 0 bridgehead atoms. The van der Waals surface area contributed by atoms with Gasteiger partial charge in [0.15, 0.2) is 0 Å². The molecule has 0 fully saturated rings. The molecule has 0 saturated heterocycles.